The molecule has 0 spiro atoms. The Hall–Kier alpha value is -2.18. The molecule has 0 aliphatic carbocycles. The van der Waals surface area contributed by atoms with Crippen molar-refractivity contribution < 1.29 is 24.5 Å². The standard InChI is InChI=1S/C83H157NO5/c1-3-5-7-9-11-13-15-17-19-20-42-46-49-53-57-61-65-69-73-77-83(88)89-78-74-70-66-62-58-54-50-47-44-41-39-37-35-33-31-29-27-25-23-21-22-24-26-28-30-32-34-36-38-40-43-45-48-52-56-60-64-68-72-76-82(87)84-80(79-85)81(86)75-71-67-63-59-55-51-18-16-14-12-10-8-6-4-2/h17,19,21-22,25,27,71,75,80-81,85-86H,3-16,18,20,23-24,26,28-70,72-74,76-79H2,1-2H3,(H,84,87)/b19-17-,22-21-,27-25-,75-71+. The Labute approximate surface area is 556 Å². The molecule has 524 valence electrons. The topological polar surface area (TPSA) is 95.9 Å². The van der Waals surface area contributed by atoms with Crippen LogP contribution in [0.15, 0.2) is 48.6 Å². The monoisotopic (exact) mass is 1250 g/mol. The highest BCUT2D eigenvalue weighted by molar-refractivity contribution is 5.76. The molecule has 2 atom stereocenters. The first-order valence-corrected chi connectivity index (χ1v) is 40.4. The molecule has 6 nitrogen and oxygen atoms in total. The van der Waals surface area contributed by atoms with E-state index in [2.05, 4.69) is 55.6 Å². The number of esters is 1. The lowest BCUT2D eigenvalue weighted by atomic mass is 10.0. The number of nitrogens with one attached hydrogen (secondary N) is 1. The third-order valence-electron chi connectivity index (χ3n) is 18.8. The van der Waals surface area contributed by atoms with Gasteiger partial charge in [-0.25, -0.2) is 0 Å². The van der Waals surface area contributed by atoms with Gasteiger partial charge in [0.1, 0.15) is 0 Å². The molecule has 0 radical (unpaired) electrons. The van der Waals surface area contributed by atoms with Crippen LogP contribution in [0, 0.1) is 0 Å². The van der Waals surface area contributed by atoms with E-state index in [4.69, 9.17) is 4.74 Å². The first kappa shape index (κ1) is 86.8. The maximum atomic E-state index is 12.5. The van der Waals surface area contributed by atoms with Crippen molar-refractivity contribution in [1.29, 1.82) is 0 Å². The van der Waals surface area contributed by atoms with Gasteiger partial charge >= 0.3 is 5.97 Å². The molecule has 0 aliphatic rings. The first-order chi connectivity index (χ1) is 44.0. The Morgan fingerprint density at radius 2 is 0.562 bits per heavy atom. The van der Waals surface area contributed by atoms with Gasteiger partial charge < -0.3 is 20.3 Å². The molecule has 2 unspecified atom stereocenters. The van der Waals surface area contributed by atoms with Crippen molar-refractivity contribution in [3.8, 4) is 0 Å². The molecule has 0 aromatic carbocycles. The summed E-state index contributed by atoms with van der Waals surface area (Å²) in [5, 5.41) is 23.2. The van der Waals surface area contributed by atoms with Crippen molar-refractivity contribution in [2.75, 3.05) is 13.2 Å². The molecule has 89 heavy (non-hydrogen) atoms. The van der Waals surface area contributed by atoms with Gasteiger partial charge in [-0.3, -0.25) is 9.59 Å². The summed E-state index contributed by atoms with van der Waals surface area (Å²) >= 11 is 0. The Kier molecular flexibility index (Phi) is 76.3. The average molecular weight is 1250 g/mol. The lowest BCUT2D eigenvalue weighted by molar-refractivity contribution is -0.143. The zero-order chi connectivity index (χ0) is 64.2. The zero-order valence-corrected chi connectivity index (χ0v) is 60.2. The van der Waals surface area contributed by atoms with Crippen molar-refractivity contribution in [2.45, 2.75) is 456 Å². The summed E-state index contributed by atoms with van der Waals surface area (Å²) < 4.78 is 5.52. The molecule has 1 amide bonds. The number of unbranched alkanes of at least 4 members (excludes halogenated alkanes) is 59. The summed E-state index contributed by atoms with van der Waals surface area (Å²) in [7, 11) is 0. The van der Waals surface area contributed by atoms with E-state index in [1.165, 1.54) is 372 Å². The molecule has 0 aromatic heterocycles. The molecule has 0 bridgehead atoms. The third kappa shape index (κ3) is 74.7. The second kappa shape index (κ2) is 78.3. The van der Waals surface area contributed by atoms with Gasteiger partial charge in [0, 0.05) is 12.8 Å². The van der Waals surface area contributed by atoms with E-state index in [0.717, 1.165) is 44.9 Å². The van der Waals surface area contributed by atoms with Crippen molar-refractivity contribution in [3.05, 3.63) is 48.6 Å². The van der Waals surface area contributed by atoms with Crippen LogP contribution in [0.3, 0.4) is 0 Å². The van der Waals surface area contributed by atoms with Crippen molar-refractivity contribution in [3.63, 3.8) is 0 Å². The average Bonchev–Trinajstić information content (AvgIpc) is 3.68. The maximum absolute atomic E-state index is 12.5. The quantitative estimate of drug-likeness (QED) is 0.0320. The minimum atomic E-state index is -0.842. The number of rotatable bonds is 76. The van der Waals surface area contributed by atoms with E-state index in [1.54, 1.807) is 6.08 Å². The fourth-order valence-electron chi connectivity index (χ4n) is 12.7. The number of ether oxygens (including phenoxy) is 1. The van der Waals surface area contributed by atoms with Crippen LogP contribution < -0.4 is 5.32 Å². The zero-order valence-electron chi connectivity index (χ0n) is 60.2. The number of hydrogen-bond acceptors (Lipinski definition) is 5. The Bertz CT molecular complexity index is 1490. The predicted molar refractivity (Wildman–Crippen MR) is 393 cm³/mol. The third-order valence-corrected chi connectivity index (χ3v) is 18.8. The van der Waals surface area contributed by atoms with Crippen LogP contribution in [0.4, 0.5) is 0 Å². The van der Waals surface area contributed by atoms with E-state index in [0.29, 0.717) is 19.4 Å². The molecule has 0 aliphatic heterocycles. The molecular formula is C83H157NO5. The normalized spacial score (nSPS) is 12.7. The van der Waals surface area contributed by atoms with Crippen molar-refractivity contribution in [2.24, 2.45) is 0 Å². The van der Waals surface area contributed by atoms with Crippen LogP contribution in [0.25, 0.3) is 0 Å². The highest BCUT2D eigenvalue weighted by Crippen LogP contribution is 2.19. The number of carbonyl (C=O) groups is 2. The lowest BCUT2D eigenvalue weighted by Gasteiger charge is -2.20. The van der Waals surface area contributed by atoms with Crippen LogP contribution >= 0.6 is 0 Å². The van der Waals surface area contributed by atoms with E-state index >= 15 is 0 Å². The van der Waals surface area contributed by atoms with Gasteiger partial charge in [-0.05, 0) is 89.9 Å². The van der Waals surface area contributed by atoms with Crippen LogP contribution in [0.5, 0.6) is 0 Å². The smallest absolute Gasteiger partial charge is 0.305 e. The summed E-state index contributed by atoms with van der Waals surface area (Å²) in [6.07, 6.45) is 104. The van der Waals surface area contributed by atoms with Crippen molar-refractivity contribution >= 4 is 11.9 Å². The van der Waals surface area contributed by atoms with Crippen molar-refractivity contribution in [1.82, 2.24) is 5.32 Å². The molecule has 6 heteroatoms. The molecule has 0 saturated carbocycles. The molecule has 0 fully saturated rings. The molecule has 0 aromatic rings. The molecule has 3 N–H and O–H groups in total. The number of hydrogen-bond donors (Lipinski definition) is 3. The van der Waals surface area contributed by atoms with Gasteiger partial charge in [-0.15, -0.1) is 0 Å². The van der Waals surface area contributed by atoms with Crippen LogP contribution in [0.1, 0.15) is 444 Å². The Morgan fingerprint density at radius 1 is 0.315 bits per heavy atom. The van der Waals surface area contributed by atoms with Crippen LogP contribution in [0.2, 0.25) is 0 Å². The highest BCUT2D eigenvalue weighted by Gasteiger charge is 2.18. The SMILES string of the molecule is CCCCCCCC/C=C\CCCCCCCCCCCC(=O)OCCCCCCCCCCCCCCCCC/C=C\C/C=C\CCCCCCCCCCCCCCCCCCCC(=O)NC(CO)C(O)/C=C/CCCCCCCCCCCCCC. The van der Waals surface area contributed by atoms with E-state index in [1.807, 2.05) is 6.08 Å². The van der Waals surface area contributed by atoms with Crippen LogP contribution in [-0.2, 0) is 14.3 Å². The predicted octanol–water partition coefficient (Wildman–Crippen LogP) is 26.8. The number of carbonyl (C=O) groups excluding carboxylic acids is 2. The van der Waals surface area contributed by atoms with E-state index in [9.17, 15) is 19.8 Å². The summed E-state index contributed by atoms with van der Waals surface area (Å²) in [5.41, 5.74) is 0. The summed E-state index contributed by atoms with van der Waals surface area (Å²) in [6, 6.07) is -0.626. The summed E-state index contributed by atoms with van der Waals surface area (Å²) in [6.45, 7) is 4.93. The van der Waals surface area contributed by atoms with Gasteiger partial charge in [0.25, 0.3) is 0 Å². The van der Waals surface area contributed by atoms with E-state index < -0.39 is 12.1 Å². The Morgan fingerprint density at radius 3 is 0.865 bits per heavy atom. The largest absolute Gasteiger partial charge is 0.466 e. The number of amides is 1. The summed E-state index contributed by atoms with van der Waals surface area (Å²) in [5.74, 6) is -0.0426. The fraction of sp³-hybridized carbons (Fsp3) is 0.880. The minimum absolute atomic E-state index is 0.0202. The summed E-state index contributed by atoms with van der Waals surface area (Å²) in [4.78, 5) is 24.6. The second-order valence-corrected chi connectivity index (χ2v) is 27.7. The number of aliphatic hydroxyl groups is 2. The number of allylic oxidation sites excluding steroid dienone is 7. The van der Waals surface area contributed by atoms with Gasteiger partial charge in [0.15, 0.2) is 0 Å². The van der Waals surface area contributed by atoms with Crippen LogP contribution in [-0.4, -0.2) is 47.4 Å². The first-order valence-electron chi connectivity index (χ1n) is 40.4. The molecular weight excluding hydrogens is 1090 g/mol. The van der Waals surface area contributed by atoms with Gasteiger partial charge in [-0.2, -0.15) is 0 Å². The van der Waals surface area contributed by atoms with Gasteiger partial charge in [0.2, 0.25) is 5.91 Å². The molecule has 0 rings (SSSR count). The Balaban J connectivity index is 3.35. The second-order valence-electron chi connectivity index (χ2n) is 27.7. The highest BCUT2D eigenvalue weighted by atomic mass is 16.5. The molecule has 0 heterocycles. The minimum Gasteiger partial charge on any atom is -0.466 e. The molecule has 0 saturated heterocycles. The number of aliphatic hydroxyl groups excluding tert-OH is 2. The van der Waals surface area contributed by atoms with E-state index in [-0.39, 0.29) is 18.5 Å². The lowest BCUT2D eigenvalue weighted by Crippen LogP contribution is -2.45. The van der Waals surface area contributed by atoms with Gasteiger partial charge in [0.05, 0.1) is 25.4 Å². The fourth-order valence-corrected chi connectivity index (χ4v) is 12.7. The maximum Gasteiger partial charge on any atom is 0.305 e. The van der Waals surface area contributed by atoms with Gasteiger partial charge in [-0.1, -0.05) is 390 Å².